The Labute approximate surface area is 127 Å². The maximum Gasteiger partial charge on any atom is 0.0948 e. The fourth-order valence-corrected chi connectivity index (χ4v) is 3.79. The summed E-state index contributed by atoms with van der Waals surface area (Å²) < 4.78 is 0. The molecule has 1 N–H and O–H groups in total. The molecule has 2 unspecified atom stereocenters. The summed E-state index contributed by atoms with van der Waals surface area (Å²) in [6.45, 7) is 8.37. The number of hydrogen-bond acceptors (Lipinski definition) is 2. The van der Waals surface area contributed by atoms with Gasteiger partial charge in [0, 0.05) is 6.04 Å². The Morgan fingerprint density at radius 1 is 1.05 bits per heavy atom. The van der Waals surface area contributed by atoms with Gasteiger partial charge in [0.2, 0.25) is 0 Å². The largest absolute Gasteiger partial charge is 0.387 e. The molecule has 0 heterocycles. The maximum atomic E-state index is 10.9. The molecule has 3 rings (SSSR count). The first-order valence-corrected chi connectivity index (χ1v) is 8.12. The van der Waals surface area contributed by atoms with Gasteiger partial charge in [-0.3, -0.25) is 4.90 Å². The lowest BCUT2D eigenvalue weighted by Crippen LogP contribution is -2.37. The second-order valence-electron chi connectivity index (χ2n) is 6.06. The number of rotatable bonds is 5. The topological polar surface area (TPSA) is 23.5 Å². The molecular weight excluding hydrogens is 258 g/mol. The first-order chi connectivity index (χ1) is 10.2. The van der Waals surface area contributed by atoms with Crippen molar-refractivity contribution in [3.8, 4) is 0 Å². The lowest BCUT2D eigenvalue weighted by atomic mass is 9.93. The number of aliphatic hydroxyl groups excluding tert-OH is 1. The van der Waals surface area contributed by atoms with Crippen LogP contribution in [0.1, 0.15) is 43.6 Å². The molecule has 21 heavy (non-hydrogen) atoms. The molecule has 0 fully saturated rings. The fraction of sp³-hybridized carbons (Fsp3) is 0.474. The highest BCUT2D eigenvalue weighted by atomic mass is 16.3. The Bertz CT molecular complexity index is 635. The van der Waals surface area contributed by atoms with Crippen LogP contribution in [0.15, 0.2) is 30.3 Å². The SMILES string of the molecule is CCN(CC)C(C)C(O)c1ccc2c3c(cccc13)CC2. The lowest BCUT2D eigenvalue weighted by Gasteiger charge is -2.31. The number of likely N-dealkylation sites (N-methyl/N-ethyl adjacent to an activating group) is 1. The zero-order valence-corrected chi connectivity index (χ0v) is 13.3. The molecule has 1 aliphatic rings. The zero-order valence-electron chi connectivity index (χ0n) is 13.3. The van der Waals surface area contributed by atoms with E-state index in [0.29, 0.717) is 0 Å². The fourth-order valence-electron chi connectivity index (χ4n) is 3.79. The number of aliphatic hydroxyl groups is 1. The van der Waals surface area contributed by atoms with E-state index in [9.17, 15) is 5.11 Å². The third kappa shape index (κ3) is 2.37. The smallest absolute Gasteiger partial charge is 0.0948 e. The highest BCUT2D eigenvalue weighted by Gasteiger charge is 2.24. The van der Waals surface area contributed by atoms with Gasteiger partial charge in [0.15, 0.2) is 0 Å². The third-order valence-electron chi connectivity index (χ3n) is 5.07. The van der Waals surface area contributed by atoms with Crippen molar-refractivity contribution in [2.45, 2.75) is 45.8 Å². The third-order valence-corrected chi connectivity index (χ3v) is 5.07. The van der Waals surface area contributed by atoms with Crippen molar-refractivity contribution in [1.29, 1.82) is 0 Å². The van der Waals surface area contributed by atoms with Gasteiger partial charge < -0.3 is 5.11 Å². The molecule has 2 aromatic rings. The predicted octanol–water partition coefficient (Wildman–Crippen LogP) is 3.70. The molecule has 2 atom stereocenters. The molecule has 0 saturated heterocycles. The molecule has 2 aromatic carbocycles. The second-order valence-corrected chi connectivity index (χ2v) is 6.06. The molecule has 0 amide bonds. The number of aryl methyl sites for hydroxylation is 2. The van der Waals surface area contributed by atoms with Gasteiger partial charge in [0.25, 0.3) is 0 Å². The minimum Gasteiger partial charge on any atom is -0.387 e. The van der Waals surface area contributed by atoms with Gasteiger partial charge >= 0.3 is 0 Å². The van der Waals surface area contributed by atoms with Gasteiger partial charge in [-0.05, 0) is 60.3 Å². The summed E-state index contributed by atoms with van der Waals surface area (Å²) in [5.41, 5.74) is 3.95. The van der Waals surface area contributed by atoms with Crippen molar-refractivity contribution < 1.29 is 5.11 Å². The van der Waals surface area contributed by atoms with Crippen molar-refractivity contribution in [3.63, 3.8) is 0 Å². The Balaban J connectivity index is 2.05. The standard InChI is InChI=1S/C19H25NO/c1-4-20(5-2)13(3)19(21)17-12-11-15-10-9-14-7-6-8-16(17)18(14)15/h6-8,11-13,19,21H,4-5,9-10H2,1-3H3. The van der Waals surface area contributed by atoms with Crippen molar-refractivity contribution in [3.05, 3.63) is 47.0 Å². The van der Waals surface area contributed by atoms with Gasteiger partial charge in [0.05, 0.1) is 6.10 Å². The average Bonchev–Trinajstić information content (AvgIpc) is 2.93. The highest BCUT2D eigenvalue weighted by molar-refractivity contribution is 5.93. The number of benzene rings is 2. The van der Waals surface area contributed by atoms with Gasteiger partial charge in [0.1, 0.15) is 0 Å². The first kappa shape index (κ1) is 14.6. The number of hydrogen-bond donors (Lipinski definition) is 1. The number of nitrogens with zero attached hydrogens (tertiary/aromatic N) is 1. The summed E-state index contributed by atoms with van der Waals surface area (Å²) in [5, 5.41) is 13.5. The van der Waals surface area contributed by atoms with Crippen LogP contribution in [0.25, 0.3) is 10.8 Å². The van der Waals surface area contributed by atoms with Crippen LogP contribution in [0.5, 0.6) is 0 Å². The normalized spacial score (nSPS) is 16.6. The summed E-state index contributed by atoms with van der Waals surface area (Å²) in [6.07, 6.45) is 1.84. The summed E-state index contributed by atoms with van der Waals surface area (Å²) in [7, 11) is 0. The molecule has 2 nitrogen and oxygen atoms in total. The molecule has 2 heteroatoms. The van der Waals surface area contributed by atoms with E-state index in [1.54, 1.807) is 0 Å². The highest BCUT2D eigenvalue weighted by Crippen LogP contribution is 2.36. The molecule has 0 radical (unpaired) electrons. The van der Waals surface area contributed by atoms with E-state index in [0.717, 1.165) is 31.5 Å². The summed E-state index contributed by atoms with van der Waals surface area (Å²) in [5.74, 6) is 0. The van der Waals surface area contributed by atoms with E-state index in [4.69, 9.17) is 0 Å². The average molecular weight is 283 g/mol. The lowest BCUT2D eigenvalue weighted by molar-refractivity contribution is 0.0648. The van der Waals surface area contributed by atoms with Crippen molar-refractivity contribution in [2.75, 3.05) is 13.1 Å². The van der Waals surface area contributed by atoms with Crippen molar-refractivity contribution in [1.82, 2.24) is 4.90 Å². The zero-order chi connectivity index (χ0) is 15.0. The van der Waals surface area contributed by atoms with Crippen LogP contribution in [0.2, 0.25) is 0 Å². The quantitative estimate of drug-likeness (QED) is 0.904. The van der Waals surface area contributed by atoms with Gasteiger partial charge in [-0.25, -0.2) is 0 Å². The van der Waals surface area contributed by atoms with Gasteiger partial charge in [-0.15, -0.1) is 0 Å². The minimum atomic E-state index is -0.435. The molecule has 0 spiro atoms. The van der Waals surface area contributed by atoms with Crippen molar-refractivity contribution in [2.24, 2.45) is 0 Å². The second kappa shape index (κ2) is 5.78. The Kier molecular flexibility index (Phi) is 4.01. The molecule has 0 aromatic heterocycles. The van der Waals surface area contributed by atoms with Gasteiger partial charge in [-0.1, -0.05) is 44.2 Å². The van der Waals surface area contributed by atoms with E-state index in [1.165, 1.54) is 21.9 Å². The maximum absolute atomic E-state index is 10.9. The van der Waals surface area contributed by atoms with Crippen molar-refractivity contribution >= 4 is 10.8 Å². The van der Waals surface area contributed by atoms with Crippen LogP contribution in [-0.2, 0) is 12.8 Å². The molecule has 0 bridgehead atoms. The summed E-state index contributed by atoms with van der Waals surface area (Å²) in [6, 6.07) is 11.0. The van der Waals surface area contributed by atoms with E-state index >= 15 is 0 Å². The minimum absolute atomic E-state index is 0.137. The van der Waals surface area contributed by atoms with Crippen LogP contribution in [0, 0.1) is 0 Å². The molecular formula is C19H25NO. The van der Waals surface area contributed by atoms with Crippen LogP contribution >= 0.6 is 0 Å². The van der Waals surface area contributed by atoms with Crippen LogP contribution in [0.3, 0.4) is 0 Å². The first-order valence-electron chi connectivity index (χ1n) is 8.12. The monoisotopic (exact) mass is 283 g/mol. The van der Waals surface area contributed by atoms with E-state index in [2.05, 4.69) is 56.0 Å². The Hall–Kier alpha value is -1.38. The molecule has 1 aliphatic carbocycles. The van der Waals surface area contributed by atoms with E-state index < -0.39 is 6.10 Å². The summed E-state index contributed by atoms with van der Waals surface area (Å²) >= 11 is 0. The van der Waals surface area contributed by atoms with E-state index in [1.807, 2.05) is 0 Å². The predicted molar refractivity (Wildman–Crippen MR) is 88.7 cm³/mol. The molecule has 0 aliphatic heterocycles. The molecule has 112 valence electrons. The summed E-state index contributed by atoms with van der Waals surface area (Å²) in [4.78, 5) is 2.31. The molecule has 0 saturated carbocycles. The Morgan fingerprint density at radius 2 is 1.71 bits per heavy atom. The van der Waals surface area contributed by atoms with E-state index in [-0.39, 0.29) is 6.04 Å². The van der Waals surface area contributed by atoms with Crippen LogP contribution < -0.4 is 0 Å². The Morgan fingerprint density at radius 3 is 2.38 bits per heavy atom. The van der Waals surface area contributed by atoms with Crippen LogP contribution in [-0.4, -0.2) is 29.1 Å². The van der Waals surface area contributed by atoms with Crippen LogP contribution in [0.4, 0.5) is 0 Å². The van der Waals surface area contributed by atoms with Gasteiger partial charge in [-0.2, -0.15) is 0 Å².